The smallest absolute Gasteiger partial charge is 0.255 e. The largest absolute Gasteiger partial charge is 0.467 e. The highest BCUT2D eigenvalue weighted by Crippen LogP contribution is 2.23. The molecule has 3 rings (SSSR count). The molecule has 1 aromatic heterocycles. The molecule has 0 aliphatic carbocycles. The minimum Gasteiger partial charge on any atom is -0.467 e. The molecule has 0 atom stereocenters. The Hall–Kier alpha value is -3.05. The van der Waals surface area contributed by atoms with Crippen molar-refractivity contribution in [2.24, 2.45) is 0 Å². The average molecular weight is 369 g/mol. The summed E-state index contributed by atoms with van der Waals surface area (Å²) in [5, 5.41) is 6.15. The summed E-state index contributed by atoms with van der Waals surface area (Å²) in [5.41, 5.74) is 2.20. The van der Waals surface area contributed by atoms with Crippen molar-refractivity contribution >= 4 is 29.1 Å². The molecule has 5 nitrogen and oxygen atoms in total. The molecule has 0 radical (unpaired) electrons. The minimum absolute atomic E-state index is 0.282. The molecule has 2 amide bonds. The van der Waals surface area contributed by atoms with Crippen LogP contribution < -0.4 is 10.6 Å². The van der Waals surface area contributed by atoms with Crippen molar-refractivity contribution in [1.29, 1.82) is 0 Å². The zero-order chi connectivity index (χ0) is 18.5. The SMILES string of the molecule is Cc1c(Cl)cccc1NC(=O)c1cccc(C(=O)NCc2ccco2)c1. The van der Waals surface area contributed by atoms with Crippen LogP contribution in [0.25, 0.3) is 0 Å². The predicted octanol–water partition coefficient (Wildman–Crippen LogP) is 4.42. The number of carbonyl (C=O) groups excluding carboxylic acids is 2. The van der Waals surface area contributed by atoms with Crippen LogP contribution in [0, 0.1) is 6.92 Å². The lowest BCUT2D eigenvalue weighted by molar-refractivity contribution is 0.0948. The van der Waals surface area contributed by atoms with Crippen molar-refractivity contribution in [1.82, 2.24) is 5.32 Å². The molecule has 1 heterocycles. The molecular weight excluding hydrogens is 352 g/mol. The van der Waals surface area contributed by atoms with Crippen LogP contribution in [-0.4, -0.2) is 11.8 Å². The lowest BCUT2D eigenvalue weighted by Crippen LogP contribution is -2.23. The summed E-state index contributed by atoms with van der Waals surface area (Å²) in [7, 11) is 0. The van der Waals surface area contributed by atoms with Crippen molar-refractivity contribution in [3.63, 3.8) is 0 Å². The first-order chi connectivity index (χ1) is 12.5. The van der Waals surface area contributed by atoms with Crippen LogP contribution in [0.15, 0.2) is 65.3 Å². The molecule has 0 saturated heterocycles. The number of nitrogens with one attached hydrogen (secondary N) is 2. The van der Waals surface area contributed by atoms with E-state index in [0.29, 0.717) is 27.6 Å². The fourth-order valence-corrected chi connectivity index (χ4v) is 2.60. The molecule has 0 unspecified atom stereocenters. The third kappa shape index (κ3) is 4.13. The van der Waals surface area contributed by atoms with E-state index in [2.05, 4.69) is 10.6 Å². The Morgan fingerprint density at radius 1 is 1.00 bits per heavy atom. The number of hydrogen-bond donors (Lipinski definition) is 2. The van der Waals surface area contributed by atoms with Gasteiger partial charge in [0, 0.05) is 21.8 Å². The normalized spacial score (nSPS) is 10.4. The highest BCUT2D eigenvalue weighted by atomic mass is 35.5. The molecule has 0 bridgehead atoms. The number of rotatable bonds is 5. The molecule has 0 aliphatic rings. The monoisotopic (exact) mass is 368 g/mol. The van der Waals surface area contributed by atoms with Gasteiger partial charge in [-0.1, -0.05) is 23.7 Å². The summed E-state index contributed by atoms with van der Waals surface area (Å²) in [5.74, 6) is 0.0646. The maximum absolute atomic E-state index is 12.5. The number of carbonyl (C=O) groups is 2. The first-order valence-electron chi connectivity index (χ1n) is 8.01. The average Bonchev–Trinajstić information content (AvgIpc) is 3.17. The molecule has 26 heavy (non-hydrogen) atoms. The van der Waals surface area contributed by atoms with E-state index in [4.69, 9.17) is 16.0 Å². The Balaban J connectivity index is 1.70. The van der Waals surface area contributed by atoms with Crippen LogP contribution in [0.4, 0.5) is 5.69 Å². The number of furan rings is 1. The number of anilines is 1. The van der Waals surface area contributed by atoms with E-state index in [-0.39, 0.29) is 18.4 Å². The second kappa shape index (κ2) is 7.89. The van der Waals surface area contributed by atoms with Crippen LogP contribution >= 0.6 is 11.6 Å². The quantitative estimate of drug-likeness (QED) is 0.700. The Labute approximate surface area is 156 Å². The van der Waals surface area contributed by atoms with Crippen molar-refractivity contribution in [2.45, 2.75) is 13.5 Å². The second-order valence-corrected chi connectivity index (χ2v) is 6.12. The molecule has 3 aromatic rings. The van der Waals surface area contributed by atoms with Gasteiger partial charge in [0.05, 0.1) is 12.8 Å². The Morgan fingerprint density at radius 3 is 2.46 bits per heavy atom. The summed E-state index contributed by atoms with van der Waals surface area (Å²) in [6.07, 6.45) is 1.55. The lowest BCUT2D eigenvalue weighted by Gasteiger charge is -2.10. The van der Waals surface area contributed by atoms with Gasteiger partial charge in [0.1, 0.15) is 5.76 Å². The fourth-order valence-electron chi connectivity index (χ4n) is 2.42. The number of benzene rings is 2. The zero-order valence-corrected chi connectivity index (χ0v) is 14.8. The topological polar surface area (TPSA) is 71.3 Å². The van der Waals surface area contributed by atoms with E-state index in [9.17, 15) is 9.59 Å². The number of amides is 2. The van der Waals surface area contributed by atoms with Crippen molar-refractivity contribution in [3.05, 3.63) is 88.3 Å². The van der Waals surface area contributed by atoms with Gasteiger partial charge in [-0.2, -0.15) is 0 Å². The highest BCUT2D eigenvalue weighted by molar-refractivity contribution is 6.31. The van der Waals surface area contributed by atoms with Crippen LogP contribution in [0.1, 0.15) is 32.0 Å². The van der Waals surface area contributed by atoms with E-state index < -0.39 is 0 Å². The number of hydrogen-bond acceptors (Lipinski definition) is 3. The Bertz CT molecular complexity index is 936. The summed E-state index contributed by atoms with van der Waals surface area (Å²) in [6, 6.07) is 15.4. The van der Waals surface area contributed by atoms with Crippen LogP contribution in [0.5, 0.6) is 0 Å². The van der Waals surface area contributed by atoms with Gasteiger partial charge in [0.2, 0.25) is 0 Å². The summed E-state index contributed by atoms with van der Waals surface area (Å²) < 4.78 is 5.18. The lowest BCUT2D eigenvalue weighted by atomic mass is 10.1. The predicted molar refractivity (Wildman–Crippen MR) is 100 cm³/mol. The molecule has 2 aromatic carbocycles. The first-order valence-corrected chi connectivity index (χ1v) is 8.39. The van der Waals surface area contributed by atoms with Crippen LogP contribution in [0.2, 0.25) is 5.02 Å². The fraction of sp³-hybridized carbons (Fsp3) is 0.100. The minimum atomic E-state index is -0.309. The van der Waals surface area contributed by atoms with E-state index in [1.807, 2.05) is 6.92 Å². The van der Waals surface area contributed by atoms with Gasteiger partial charge in [-0.25, -0.2) is 0 Å². The van der Waals surface area contributed by atoms with Gasteiger partial charge in [-0.15, -0.1) is 0 Å². The van der Waals surface area contributed by atoms with Crippen molar-refractivity contribution in [3.8, 4) is 0 Å². The van der Waals surface area contributed by atoms with Crippen molar-refractivity contribution in [2.75, 3.05) is 5.32 Å². The molecule has 6 heteroatoms. The molecule has 132 valence electrons. The summed E-state index contributed by atoms with van der Waals surface area (Å²) >= 11 is 6.08. The summed E-state index contributed by atoms with van der Waals surface area (Å²) in [6.45, 7) is 2.11. The Kier molecular flexibility index (Phi) is 5.39. The standard InChI is InChI=1S/C20H17ClN2O3/c1-13-17(21)8-3-9-18(13)23-20(25)15-6-2-5-14(11-15)19(24)22-12-16-7-4-10-26-16/h2-11H,12H2,1H3,(H,22,24)(H,23,25). The van der Waals surface area contributed by atoms with E-state index in [1.54, 1.807) is 60.9 Å². The van der Waals surface area contributed by atoms with Gasteiger partial charge in [-0.3, -0.25) is 9.59 Å². The molecular formula is C20H17ClN2O3. The van der Waals surface area contributed by atoms with Crippen molar-refractivity contribution < 1.29 is 14.0 Å². The van der Waals surface area contributed by atoms with Gasteiger partial charge < -0.3 is 15.1 Å². The van der Waals surface area contributed by atoms with Gasteiger partial charge in [0.15, 0.2) is 0 Å². The van der Waals surface area contributed by atoms with Crippen LogP contribution in [-0.2, 0) is 6.54 Å². The molecule has 0 aliphatic heterocycles. The molecule has 0 fully saturated rings. The molecule has 0 saturated carbocycles. The third-order valence-corrected chi connectivity index (χ3v) is 4.32. The second-order valence-electron chi connectivity index (χ2n) is 5.71. The first kappa shape index (κ1) is 17.8. The van der Waals surface area contributed by atoms with Crippen LogP contribution in [0.3, 0.4) is 0 Å². The molecule has 2 N–H and O–H groups in total. The van der Waals surface area contributed by atoms with Gasteiger partial charge >= 0.3 is 0 Å². The van der Waals surface area contributed by atoms with E-state index in [0.717, 1.165) is 5.56 Å². The van der Waals surface area contributed by atoms with E-state index in [1.165, 1.54) is 0 Å². The highest BCUT2D eigenvalue weighted by Gasteiger charge is 2.12. The number of halogens is 1. The molecule has 0 spiro atoms. The maximum Gasteiger partial charge on any atom is 0.255 e. The summed E-state index contributed by atoms with van der Waals surface area (Å²) in [4.78, 5) is 24.8. The Morgan fingerprint density at radius 2 is 1.73 bits per heavy atom. The maximum atomic E-state index is 12.5. The zero-order valence-electron chi connectivity index (χ0n) is 14.1. The third-order valence-electron chi connectivity index (χ3n) is 3.91. The van der Waals surface area contributed by atoms with E-state index >= 15 is 0 Å². The van der Waals surface area contributed by atoms with Gasteiger partial charge in [0.25, 0.3) is 11.8 Å². The van der Waals surface area contributed by atoms with Gasteiger partial charge in [-0.05, 0) is 55.0 Å².